The highest BCUT2D eigenvalue weighted by Crippen LogP contribution is 2.15. The Labute approximate surface area is 88.4 Å². The zero-order chi connectivity index (χ0) is 11.5. The van der Waals surface area contributed by atoms with Crippen molar-refractivity contribution in [3.8, 4) is 0 Å². The third-order valence-electron chi connectivity index (χ3n) is 2.05. The van der Waals surface area contributed by atoms with E-state index < -0.39 is 5.56 Å². The molecular weight excluding hydrogens is 212 g/mol. The van der Waals surface area contributed by atoms with Crippen molar-refractivity contribution < 1.29 is 5.21 Å². The van der Waals surface area contributed by atoms with Gasteiger partial charge in [-0.2, -0.15) is 0 Å². The Balaban J connectivity index is 2.71. The Kier molecular flexibility index (Phi) is 2.52. The van der Waals surface area contributed by atoms with Crippen LogP contribution < -0.4 is 16.6 Å². The van der Waals surface area contributed by atoms with Gasteiger partial charge in [-0.25, -0.2) is 4.99 Å². The number of hydrogen-bond acceptors (Lipinski definition) is 4. The first-order valence-corrected chi connectivity index (χ1v) is 4.39. The monoisotopic (exact) mass is 220 g/mol. The highest BCUT2D eigenvalue weighted by molar-refractivity contribution is 5.83. The third-order valence-corrected chi connectivity index (χ3v) is 2.05. The summed E-state index contributed by atoms with van der Waals surface area (Å²) in [7, 11) is 0. The van der Waals surface area contributed by atoms with E-state index in [0.717, 1.165) is 6.34 Å². The average molecular weight is 220 g/mol. The highest BCUT2D eigenvalue weighted by Gasteiger charge is 2.02. The minimum Gasteiger partial charge on any atom is -0.290 e. The third kappa shape index (κ3) is 1.71. The molecule has 4 N–H and O–H groups in total. The van der Waals surface area contributed by atoms with Crippen molar-refractivity contribution in [1.29, 1.82) is 0 Å². The van der Waals surface area contributed by atoms with Crippen LogP contribution in [0.25, 0.3) is 10.8 Å². The molecule has 16 heavy (non-hydrogen) atoms. The number of hydrogen-bond donors (Lipinski definition) is 4. The molecule has 0 spiro atoms. The van der Waals surface area contributed by atoms with Gasteiger partial charge in [0.2, 0.25) is 0 Å². The topological polar surface area (TPSA) is 110 Å². The lowest BCUT2D eigenvalue weighted by Crippen LogP contribution is -2.18. The lowest BCUT2D eigenvalue weighted by molar-refractivity contribution is 0.240. The minimum absolute atomic E-state index is 0.247. The molecule has 0 unspecified atom stereocenters. The molecule has 0 aliphatic heterocycles. The summed E-state index contributed by atoms with van der Waals surface area (Å²) in [5.74, 6) is 0. The predicted molar refractivity (Wildman–Crippen MR) is 58.3 cm³/mol. The quantitative estimate of drug-likeness (QED) is 0.320. The van der Waals surface area contributed by atoms with Crippen molar-refractivity contribution in [2.24, 2.45) is 4.99 Å². The number of aliphatic imine (C=N–C) groups is 1. The summed E-state index contributed by atoms with van der Waals surface area (Å²) in [6, 6.07) is 4.51. The SMILES string of the molecule is O=c1[nH][nH]c(=O)c2cc(N=CNO)ccc12. The van der Waals surface area contributed by atoms with Gasteiger partial charge >= 0.3 is 0 Å². The molecule has 0 aliphatic carbocycles. The van der Waals surface area contributed by atoms with Crippen molar-refractivity contribution in [2.45, 2.75) is 0 Å². The Morgan fingerprint density at radius 2 is 1.88 bits per heavy atom. The first-order chi connectivity index (χ1) is 7.72. The van der Waals surface area contributed by atoms with Gasteiger partial charge in [0.15, 0.2) is 0 Å². The Hall–Kier alpha value is -2.41. The van der Waals surface area contributed by atoms with Gasteiger partial charge in [0.05, 0.1) is 16.5 Å². The van der Waals surface area contributed by atoms with Gasteiger partial charge in [0.25, 0.3) is 11.1 Å². The number of nitrogens with one attached hydrogen (secondary N) is 3. The van der Waals surface area contributed by atoms with Crippen molar-refractivity contribution in [3.05, 3.63) is 38.9 Å². The van der Waals surface area contributed by atoms with E-state index in [4.69, 9.17) is 5.21 Å². The zero-order valence-corrected chi connectivity index (χ0v) is 8.02. The molecule has 7 heteroatoms. The van der Waals surface area contributed by atoms with Crippen molar-refractivity contribution in [1.82, 2.24) is 15.7 Å². The number of rotatable bonds is 2. The number of aromatic nitrogens is 2. The van der Waals surface area contributed by atoms with Crippen LogP contribution in [0.15, 0.2) is 32.8 Å². The fourth-order valence-electron chi connectivity index (χ4n) is 1.35. The van der Waals surface area contributed by atoms with E-state index in [-0.39, 0.29) is 10.9 Å². The summed E-state index contributed by atoms with van der Waals surface area (Å²) in [6.07, 6.45) is 1.06. The van der Waals surface area contributed by atoms with E-state index in [1.165, 1.54) is 12.1 Å². The molecule has 0 amide bonds. The first-order valence-electron chi connectivity index (χ1n) is 4.39. The van der Waals surface area contributed by atoms with Crippen LogP contribution in [0.3, 0.4) is 0 Å². The second kappa shape index (κ2) is 3.99. The van der Waals surface area contributed by atoms with Gasteiger partial charge in [-0.3, -0.25) is 30.5 Å². The van der Waals surface area contributed by atoms with Crippen molar-refractivity contribution in [3.63, 3.8) is 0 Å². The molecule has 0 bridgehead atoms. The number of H-pyrrole nitrogens is 2. The molecule has 0 radical (unpaired) electrons. The van der Waals surface area contributed by atoms with Gasteiger partial charge in [-0.1, -0.05) is 0 Å². The van der Waals surface area contributed by atoms with E-state index in [9.17, 15) is 9.59 Å². The smallest absolute Gasteiger partial charge is 0.270 e. The fraction of sp³-hybridized carbons (Fsp3) is 0. The molecule has 0 fully saturated rings. The first kappa shape index (κ1) is 10.1. The normalized spacial score (nSPS) is 11.1. The molecule has 2 rings (SSSR count). The number of aromatic amines is 2. The maximum Gasteiger partial charge on any atom is 0.270 e. The van der Waals surface area contributed by atoms with Crippen LogP contribution in [0.2, 0.25) is 0 Å². The molecule has 0 atom stereocenters. The van der Waals surface area contributed by atoms with E-state index >= 15 is 0 Å². The van der Waals surface area contributed by atoms with Crippen LogP contribution in [0.5, 0.6) is 0 Å². The van der Waals surface area contributed by atoms with E-state index in [2.05, 4.69) is 15.2 Å². The molecule has 1 aromatic heterocycles. The number of fused-ring (bicyclic) bond motifs is 1. The molecule has 7 nitrogen and oxygen atoms in total. The van der Waals surface area contributed by atoms with E-state index in [1.54, 1.807) is 11.5 Å². The number of nitrogens with zero attached hydrogens (tertiary/aromatic N) is 1. The minimum atomic E-state index is -0.399. The molecule has 82 valence electrons. The lowest BCUT2D eigenvalue weighted by atomic mass is 10.2. The van der Waals surface area contributed by atoms with Crippen molar-refractivity contribution >= 4 is 22.8 Å². The van der Waals surface area contributed by atoms with Gasteiger partial charge in [0, 0.05) is 0 Å². The summed E-state index contributed by atoms with van der Waals surface area (Å²) in [4.78, 5) is 26.5. The molecule has 1 heterocycles. The van der Waals surface area contributed by atoms with Gasteiger partial charge in [0.1, 0.15) is 6.34 Å². The van der Waals surface area contributed by atoms with Crippen LogP contribution in [0, 0.1) is 0 Å². The summed E-state index contributed by atoms with van der Waals surface area (Å²) in [5.41, 5.74) is 1.42. The second-order valence-corrected chi connectivity index (χ2v) is 3.03. The predicted octanol–water partition coefficient (Wildman–Crippen LogP) is -0.145. The largest absolute Gasteiger partial charge is 0.290 e. The molecule has 1 aromatic carbocycles. The van der Waals surface area contributed by atoms with Gasteiger partial charge in [-0.05, 0) is 18.2 Å². The molecule has 0 saturated carbocycles. The second-order valence-electron chi connectivity index (χ2n) is 3.03. The molecule has 0 aliphatic rings. The van der Waals surface area contributed by atoms with Crippen LogP contribution >= 0.6 is 0 Å². The highest BCUT2D eigenvalue weighted by atomic mass is 16.5. The Bertz CT molecular complexity index is 656. The van der Waals surface area contributed by atoms with Crippen LogP contribution in [0.1, 0.15) is 0 Å². The van der Waals surface area contributed by atoms with Crippen molar-refractivity contribution in [2.75, 3.05) is 0 Å². The van der Waals surface area contributed by atoms with Crippen LogP contribution in [-0.2, 0) is 0 Å². The summed E-state index contributed by atoms with van der Waals surface area (Å²) < 4.78 is 0. The van der Waals surface area contributed by atoms with Gasteiger partial charge in [-0.15, -0.1) is 0 Å². The average Bonchev–Trinajstić information content (AvgIpc) is 2.31. The molecule has 0 saturated heterocycles. The van der Waals surface area contributed by atoms with Crippen LogP contribution in [-0.4, -0.2) is 21.7 Å². The van der Waals surface area contributed by atoms with E-state index in [0.29, 0.717) is 11.1 Å². The fourth-order valence-corrected chi connectivity index (χ4v) is 1.35. The molecular formula is C9H8N4O3. The summed E-state index contributed by atoms with van der Waals surface area (Å²) >= 11 is 0. The number of hydroxylamine groups is 1. The zero-order valence-electron chi connectivity index (χ0n) is 8.02. The maximum absolute atomic E-state index is 11.4. The Morgan fingerprint density at radius 1 is 1.19 bits per heavy atom. The van der Waals surface area contributed by atoms with Crippen LogP contribution in [0.4, 0.5) is 5.69 Å². The Morgan fingerprint density at radius 3 is 2.56 bits per heavy atom. The molecule has 2 aromatic rings. The van der Waals surface area contributed by atoms with E-state index in [1.807, 2.05) is 0 Å². The standard InChI is InChI=1S/C9H8N4O3/c14-8-6-2-1-5(10-4-11-16)3-7(6)9(15)13-12-8/h1-4,16H,(H,10,11)(H,12,14)(H,13,15). The maximum atomic E-state index is 11.4. The summed E-state index contributed by atoms with van der Waals surface area (Å²) in [5, 5.41) is 13.3. The number of benzene rings is 1. The lowest BCUT2D eigenvalue weighted by Gasteiger charge is -1.97. The summed E-state index contributed by atoms with van der Waals surface area (Å²) in [6.45, 7) is 0. The van der Waals surface area contributed by atoms with Gasteiger partial charge < -0.3 is 0 Å².